The standard InChI is InChI=1S/C23H18N2O2S2/c1-19-8-14-23(15-9-19)29(26,27)25(21-12-10-20(18-24)11-13-21)16-5-17-28-22-6-3-2-4-7-22/h2-4,6-15H,16H2,1H3. The monoisotopic (exact) mass is 418 g/mol. The van der Waals surface area contributed by atoms with Crippen molar-refractivity contribution in [1.29, 1.82) is 5.26 Å². The molecule has 3 rings (SSSR count). The molecule has 0 amide bonds. The summed E-state index contributed by atoms with van der Waals surface area (Å²) >= 11 is 1.35. The highest BCUT2D eigenvalue weighted by Gasteiger charge is 2.24. The summed E-state index contributed by atoms with van der Waals surface area (Å²) in [4.78, 5) is 1.19. The fourth-order valence-electron chi connectivity index (χ4n) is 2.54. The van der Waals surface area contributed by atoms with E-state index in [1.165, 1.54) is 16.1 Å². The number of benzene rings is 3. The predicted molar refractivity (Wildman–Crippen MR) is 117 cm³/mol. The predicted octanol–water partition coefficient (Wildman–Crippen LogP) is 4.82. The molecule has 0 radical (unpaired) electrons. The van der Waals surface area contributed by atoms with E-state index in [0.29, 0.717) is 11.3 Å². The summed E-state index contributed by atoms with van der Waals surface area (Å²) in [6.45, 7) is 1.91. The van der Waals surface area contributed by atoms with Crippen LogP contribution in [-0.4, -0.2) is 15.0 Å². The number of nitrogens with zero attached hydrogens (tertiary/aromatic N) is 2. The number of hydrogen-bond donors (Lipinski definition) is 0. The SMILES string of the molecule is Cc1ccc(S(=O)(=O)N(CC#CSc2ccccc2)c2ccc(C#N)cc2)cc1. The van der Waals surface area contributed by atoms with Gasteiger partial charge < -0.3 is 0 Å². The summed E-state index contributed by atoms with van der Waals surface area (Å²) in [5, 5.41) is 12.0. The van der Waals surface area contributed by atoms with Crippen LogP contribution in [0.3, 0.4) is 0 Å². The molecule has 29 heavy (non-hydrogen) atoms. The molecule has 0 N–H and O–H groups in total. The van der Waals surface area contributed by atoms with Gasteiger partial charge in [-0.3, -0.25) is 4.31 Å². The normalized spacial score (nSPS) is 10.5. The average Bonchev–Trinajstić information content (AvgIpc) is 2.75. The van der Waals surface area contributed by atoms with Gasteiger partial charge in [-0.15, -0.1) is 0 Å². The van der Waals surface area contributed by atoms with Crippen molar-refractivity contribution in [3.63, 3.8) is 0 Å². The quantitative estimate of drug-likeness (QED) is 0.440. The van der Waals surface area contributed by atoms with Crippen LogP contribution >= 0.6 is 11.8 Å². The van der Waals surface area contributed by atoms with Gasteiger partial charge in [-0.25, -0.2) is 8.42 Å². The van der Waals surface area contributed by atoms with Crippen molar-refractivity contribution in [3.05, 3.63) is 90.0 Å². The minimum atomic E-state index is -3.80. The van der Waals surface area contributed by atoms with Gasteiger partial charge in [0, 0.05) is 4.90 Å². The Kier molecular flexibility index (Phi) is 6.61. The highest BCUT2D eigenvalue weighted by molar-refractivity contribution is 8.04. The molecule has 0 unspecified atom stereocenters. The van der Waals surface area contributed by atoms with Crippen LogP contribution in [0.1, 0.15) is 11.1 Å². The Balaban J connectivity index is 1.91. The first kappa shape index (κ1) is 20.5. The second-order valence-corrected chi connectivity index (χ2v) is 8.92. The van der Waals surface area contributed by atoms with Crippen LogP contribution in [-0.2, 0) is 10.0 Å². The topological polar surface area (TPSA) is 61.2 Å². The largest absolute Gasteiger partial charge is 0.265 e. The zero-order valence-electron chi connectivity index (χ0n) is 15.7. The second-order valence-electron chi connectivity index (χ2n) is 6.18. The Morgan fingerprint density at radius 2 is 1.59 bits per heavy atom. The molecular weight excluding hydrogens is 400 g/mol. The molecule has 0 aliphatic carbocycles. The lowest BCUT2D eigenvalue weighted by molar-refractivity contribution is 0.593. The van der Waals surface area contributed by atoms with Crippen molar-refractivity contribution < 1.29 is 8.42 Å². The molecular formula is C23H18N2O2S2. The third-order valence-electron chi connectivity index (χ3n) is 4.10. The van der Waals surface area contributed by atoms with Crippen molar-refractivity contribution in [3.8, 4) is 17.2 Å². The number of sulfonamides is 1. The molecule has 3 aromatic rings. The lowest BCUT2D eigenvalue weighted by Gasteiger charge is -2.22. The van der Waals surface area contributed by atoms with E-state index in [1.807, 2.05) is 43.3 Å². The molecule has 0 atom stereocenters. The molecule has 0 spiro atoms. The van der Waals surface area contributed by atoms with E-state index in [2.05, 4.69) is 11.2 Å². The molecule has 0 aromatic heterocycles. The van der Waals surface area contributed by atoms with Crippen molar-refractivity contribution in [2.75, 3.05) is 10.8 Å². The van der Waals surface area contributed by atoms with E-state index in [0.717, 1.165) is 10.5 Å². The Bertz CT molecular complexity index is 1170. The van der Waals surface area contributed by atoms with Crippen LogP contribution in [0.4, 0.5) is 5.69 Å². The molecule has 0 aliphatic rings. The molecule has 0 saturated heterocycles. The van der Waals surface area contributed by atoms with Gasteiger partial charge in [-0.1, -0.05) is 41.8 Å². The van der Waals surface area contributed by atoms with E-state index in [4.69, 9.17) is 5.26 Å². The summed E-state index contributed by atoms with van der Waals surface area (Å²) in [5.41, 5.74) is 1.91. The summed E-state index contributed by atoms with van der Waals surface area (Å²) in [5.74, 6) is 2.94. The fraction of sp³-hybridized carbons (Fsp3) is 0.0870. The number of hydrogen-bond acceptors (Lipinski definition) is 4. The van der Waals surface area contributed by atoms with Gasteiger partial charge >= 0.3 is 0 Å². The Hall–Kier alpha value is -3.19. The van der Waals surface area contributed by atoms with Gasteiger partial charge in [0.1, 0.15) is 0 Å². The lowest BCUT2D eigenvalue weighted by Crippen LogP contribution is -2.31. The maximum atomic E-state index is 13.2. The molecule has 0 fully saturated rings. The fourth-order valence-corrected chi connectivity index (χ4v) is 4.46. The van der Waals surface area contributed by atoms with Crippen LogP contribution in [0.5, 0.6) is 0 Å². The van der Waals surface area contributed by atoms with Crippen LogP contribution in [0.2, 0.25) is 0 Å². The first-order chi connectivity index (χ1) is 14.0. The van der Waals surface area contributed by atoms with E-state index in [9.17, 15) is 8.42 Å². The molecule has 0 heterocycles. The minimum Gasteiger partial charge on any atom is -0.254 e. The number of nitriles is 1. The first-order valence-corrected chi connectivity index (χ1v) is 11.1. The van der Waals surface area contributed by atoms with Gasteiger partial charge in [0.05, 0.1) is 28.8 Å². The van der Waals surface area contributed by atoms with Gasteiger partial charge in [-0.2, -0.15) is 5.26 Å². The highest BCUT2D eigenvalue weighted by atomic mass is 32.2. The highest BCUT2D eigenvalue weighted by Crippen LogP contribution is 2.24. The molecule has 144 valence electrons. The maximum Gasteiger partial charge on any atom is 0.265 e. The molecule has 0 bridgehead atoms. The lowest BCUT2D eigenvalue weighted by atomic mass is 10.2. The van der Waals surface area contributed by atoms with Crippen molar-refractivity contribution in [1.82, 2.24) is 0 Å². The molecule has 3 aromatic carbocycles. The van der Waals surface area contributed by atoms with Crippen LogP contribution in [0.15, 0.2) is 88.7 Å². The second kappa shape index (κ2) is 9.34. The Morgan fingerprint density at radius 3 is 2.21 bits per heavy atom. The molecule has 0 saturated carbocycles. The molecule has 6 heteroatoms. The molecule has 4 nitrogen and oxygen atoms in total. The van der Waals surface area contributed by atoms with E-state index >= 15 is 0 Å². The van der Waals surface area contributed by atoms with E-state index in [-0.39, 0.29) is 11.4 Å². The maximum absolute atomic E-state index is 13.2. The van der Waals surface area contributed by atoms with Crippen LogP contribution < -0.4 is 4.31 Å². The Morgan fingerprint density at radius 1 is 0.931 bits per heavy atom. The van der Waals surface area contributed by atoms with Crippen LogP contribution in [0.25, 0.3) is 0 Å². The summed E-state index contributed by atoms with van der Waals surface area (Å²) < 4.78 is 27.8. The number of thioether (sulfide) groups is 1. The van der Waals surface area contributed by atoms with E-state index in [1.54, 1.807) is 48.5 Å². The van der Waals surface area contributed by atoms with E-state index < -0.39 is 10.0 Å². The van der Waals surface area contributed by atoms with Crippen molar-refractivity contribution in [2.45, 2.75) is 16.7 Å². The minimum absolute atomic E-state index is 0.00193. The number of rotatable bonds is 5. The summed E-state index contributed by atoms with van der Waals surface area (Å²) in [6.07, 6.45) is 0. The van der Waals surface area contributed by atoms with Crippen LogP contribution in [0, 0.1) is 29.4 Å². The zero-order chi connectivity index (χ0) is 20.7. The molecule has 0 aliphatic heterocycles. The average molecular weight is 419 g/mol. The van der Waals surface area contributed by atoms with Gasteiger partial charge in [0.2, 0.25) is 0 Å². The number of anilines is 1. The van der Waals surface area contributed by atoms with Gasteiger partial charge in [-0.05, 0) is 72.5 Å². The smallest absolute Gasteiger partial charge is 0.254 e. The first-order valence-electron chi connectivity index (χ1n) is 8.80. The Labute approximate surface area is 175 Å². The van der Waals surface area contributed by atoms with Crippen molar-refractivity contribution >= 4 is 27.5 Å². The van der Waals surface area contributed by atoms with Gasteiger partial charge in [0.25, 0.3) is 10.0 Å². The third-order valence-corrected chi connectivity index (χ3v) is 6.64. The zero-order valence-corrected chi connectivity index (χ0v) is 17.4. The number of aryl methyl sites for hydroxylation is 1. The summed E-state index contributed by atoms with van der Waals surface area (Å²) in [6, 6.07) is 24.9. The third kappa shape index (κ3) is 5.20. The summed E-state index contributed by atoms with van der Waals surface area (Å²) in [7, 11) is -3.80. The van der Waals surface area contributed by atoms with Crippen molar-refractivity contribution in [2.24, 2.45) is 0 Å². The van der Waals surface area contributed by atoms with Gasteiger partial charge in [0.15, 0.2) is 0 Å².